The second-order valence-corrected chi connectivity index (χ2v) is 4.66. The molecule has 1 aromatic carbocycles. The molecule has 1 N–H and O–H groups in total. The normalized spacial score (nSPS) is 10.5. The Kier molecular flexibility index (Phi) is 4.17. The molecule has 0 aliphatic carbocycles. The van der Waals surface area contributed by atoms with Crippen LogP contribution >= 0.6 is 0 Å². The Bertz CT molecular complexity index is 557. The summed E-state index contributed by atoms with van der Waals surface area (Å²) >= 11 is 0. The fourth-order valence-electron chi connectivity index (χ4n) is 1.84. The molecule has 3 heteroatoms. The summed E-state index contributed by atoms with van der Waals surface area (Å²) in [4.78, 5) is 4.41. The van der Waals surface area contributed by atoms with E-state index in [-0.39, 0.29) is 6.61 Å². The van der Waals surface area contributed by atoms with E-state index < -0.39 is 0 Å². The number of ether oxygens (including phenoxy) is 1. The highest BCUT2D eigenvalue weighted by Gasteiger charge is 2.05. The van der Waals surface area contributed by atoms with Gasteiger partial charge in [-0.2, -0.15) is 0 Å². The molecule has 0 saturated heterocycles. The molecule has 0 aliphatic heterocycles. The molecule has 0 saturated carbocycles. The quantitative estimate of drug-likeness (QED) is 0.910. The first-order valence-corrected chi connectivity index (χ1v) is 6.48. The van der Waals surface area contributed by atoms with Gasteiger partial charge in [-0.3, -0.25) is 0 Å². The second kappa shape index (κ2) is 5.85. The van der Waals surface area contributed by atoms with Crippen LogP contribution in [0.2, 0.25) is 0 Å². The van der Waals surface area contributed by atoms with Gasteiger partial charge < -0.3 is 9.84 Å². The summed E-state index contributed by atoms with van der Waals surface area (Å²) in [6, 6.07) is 9.62. The van der Waals surface area contributed by atoms with E-state index in [0.29, 0.717) is 5.88 Å². The van der Waals surface area contributed by atoms with Crippen LogP contribution in [0.5, 0.6) is 11.6 Å². The Hall–Kier alpha value is -1.87. The van der Waals surface area contributed by atoms with Crippen LogP contribution in [0.25, 0.3) is 0 Å². The van der Waals surface area contributed by atoms with Crippen molar-refractivity contribution >= 4 is 0 Å². The SMILES string of the molecule is CCc1cc(CO)cc(Oc2ccc(C)c(C)c2)n1. The first-order chi connectivity index (χ1) is 9.12. The summed E-state index contributed by atoms with van der Waals surface area (Å²) in [5.41, 5.74) is 4.17. The fraction of sp³-hybridized carbons (Fsp3) is 0.312. The third kappa shape index (κ3) is 3.32. The van der Waals surface area contributed by atoms with Gasteiger partial charge in [0.25, 0.3) is 0 Å². The number of benzene rings is 1. The highest BCUT2D eigenvalue weighted by molar-refractivity contribution is 5.36. The zero-order chi connectivity index (χ0) is 13.8. The first-order valence-electron chi connectivity index (χ1n) is 6.48. The van der Waals surface area contributed by atoms with Gasteiger partial charge >= 0.3 is 0 Å². The molecule has 2 rings (SSSR count). The molecule has 19 heavy (non-hydrogen) atoms. The summed E-state index contributed by atoms with van der Waals surface area (Å²) < 4.78 is 5.78. The maximum absolute atomic E-state index is 9.25. The average molecular weight is 257 g/mol. The van der Waals surface area contributed by atoms with E-state index in [1.807, 2.05) is 31.2 Å². The minimum atomic E-state index is -0.00118. The van der Waals surface area contributed by atoms with E-state index in [1.165, 1.54) is 11.1 Å². The first kappa shape index (κ1) is 13.6. The minimum absolute atomic E-state index is 0.00118. The molecular formula is C16H19NO2. The van der Waals surface area contributed by atoms with Crippen molar-refractivity contribution in [2.45, 2.75) is 33.8 Å². The van der Waals surface area contributed by atoms with Crippen LogP contribution in [0.15, 0.2) is 30.3 Å². The van der Waals surface area contributed by atoms with Crippen molar-refractivity contribution in [1.29, 1.82) is 0 Å². The minimum Gasteiger partial charge on any atom is -0.439 e. The molecule has 0 bridgehead atoms. The number of hydrogen-bond donors (Lipinski definition) is 1. The van der Waals surface area contributed by atoms with Gasteiger partial charge in [0, 0.05) is 11.8 Å². The summed E-state index contributed by atoms with van der Waals surface area (Å²) in [5.74, 6) is 1.30. The smallest absolute Gasteiger partial charge is 0.219 e. The number of nitrogens with zero attached hydrogens (tertiary/aromatic N) is 1. The van der Waals surface area contributed by atoms with Crippen LogP contribution in [0.4, 0.5) is 0 Å². The van der Waals surface area contributed by atoms with Crippen molar-refractivity contribution < 1.29 is 9.84 Å². The van der Waals surface area contributed by atoms with Crippen molar-refractivity contribution in [3.8, 4) is 11.6 Å². The Balaban J connectivity index is 2.29. The van der Waals surface area contributed by atoms with Crippen molar-refractivity contribution in [3.05, 3.63) is 52.7 Å². The van der Waals surface area contributed by atoms with Crippen LogP contribution < -0.4 is 4.74 Å². The monoisotopic (exact) mass is 257 g/mol. The number of hydrogen-bond acceptors (Lipinski definition) is 3. The topological polar surface area (TPSA) is 42.4 Å². The summed E-state index contributed by atoms with van der Waals surface area (Å²) in [6.07, 6.45) is 0.817. The molecule has 1 heterocycles. The maximum atomic E-state index is 9.25. The lowest BCUT2D eigenvalue weighted by atomic mass is 10.1. The van der Waals surface area contributed by atoms with E-state index in [0.717, 1.165) is 23.4 Å². The molecule has 0 aliphatic rings. The number of pyridine rings is 1. The molecule has 1 aromatic heterocycles. The number of aliphatic hydroxyl groups excluding tert-OH is 1. The highest BCUT2D eigenvalue weighted by atomic mass is 16.5. The van der Waals surface area contributed by atoms with Crippen LogP contribution in [-0.2, 0) is 13.0 Å². The van der Waals surface area contributed by atoms with Crippen molar-refractivity contribution in [3.63, 3.8) is 0 Å². The summed E-state index contributed by atoms with van der Waals surface area (Å²) in [5, 5.41) is 9.25. The maximum Gasteiger partial charge on any atom is 0.219 e. The van der Waals surface area contributed by atoms with Gasteiger partial charge in [-0.15, -0.1) is 0 Å². The highest BCUT2D eigenvalue weighted by Crippen LogP contribution is 2.23. The van der Waals surface area contributed by atoms with Gasteiger partial charge in [-0.1, -0.05) is 13.0 Å². The van der Waals surface area contributed by atoms with Gasteiger partial charge in [0.2, 0.25) is 5.88 Å². The third-order valence-electron chi connectivity index (χ3n) is 3.16. The Labute approximate surface area is 113 Å². The Morgan fingerprint density at radius 1 is 1.11 bits per heavy atom. The van der Waals surface area contributed by atoms with Crippen LogP contribution in [0.3, 0.4) is 0 Å². The Morgan fingerprint density at radius 2 is 1.89 bits per heavy atom. The number of aromatic nitrogens is 1. The Morgan fingerprint density at radius 3 is 2.53 bits per heavy atom. The number of aliphatic hydroxyl groups is 1. The van der Waals surface area contributed by atoms with E-state index in [4.69, 9.17) is 4.74 Å². The lowest BCUT2D eigenvalue weighted by molar-refractivity contribution is 0.281. The molecule has 0 atom stereocenters. The summed E-state index contributed by atoms with van der Waals surface area (Å²) in [7, 11) is 0. The van der Waals surface area contributed by atoms with Crippen LogP contribution in [-0.4, -0.2) is 10.1 Å². The van der Waals surface area contributed by atoms with Gasteiger partial charge in [0.15, 0.2) is 0 Å². The van der Waals surface area contributed by atoms with E-state index >= 15 is 0 Å². The fourth-order valence-corrected chi connectivity index (χ4v) is 1.84. The van der Waals surface area contributed by atoms with Crippen molar-refractivity contribution in [2.75, 3.05) is 0 Å². The molecule has 3 nitrogen and oxygen atoms in total. The van der Waals surface area contributed by atoms with Gasteiger partial charge in [-0.25, -0.2) is 4.98 Å². The molecule has 100 valence electrons. The zero-order valence-corrected chi connectivity index (χ0v) is 11.6. The summed E-state index contributed by atoms with van der Waals surface area (Å²) in [6.45, 7) is 6.15. The number of rotatable bonds is 4. The predicted molar refractivity (Wildman–Crippen MR) is 75.5 cm³/mol. The van der Waals surface area contributed by atoms with Gasteiger partial charge in [0.05, 0.1) is 6.61 Å². The average Bonchev–Trinajstić information content (AvgIpc) is 2.42. The molecule has 0 amide bonds. The predicted octanol–water partition coefficient (Wildman–Crippen LogP) is 3.55. The second-order valence-electron chi connectivity index (χ2n) is 4.66. The molecule has 0 fully saturated rings. The van der Waals surface area contributed by atoms with Crippen molar-refractivity contribution in [2.24, 2.45) is 0 Å². The molecule has 0 radical (unpaired) electrons. The van der Waals surface area contributed by atoms with E-state index in [9.17, 15) is 5.11 Å². The van der Waals surface area contributed by atoms with Crippen LogP contribution in [0, 0.1) is 13.8 Å². The number of aryl methyl sites for hydroxylation is 3. The lowest BCUT2D eigenvalue weighted by Crippen LogP contribution is -1.96. The third-order valence-corrected chi connectivity index (χ3v) is 3.16. The van der Waals surface area contributed by atoms with Gasteiger partial charge in [0.1, 0.15) is 5.75 Å². The van der Waals surface area contributed by atoms with E-state index in [1.54, 1.807) is 6.07 Å². The molecule has 0 unspecified atom stereocenters. The largest absolute Gasteiger partial charge is 0.439 e. The standard InChI is InChI=1S/C16H19NO2/c1-4-14-8-13(10-18)9-16(17-14)19-15-6-5-11(2)12(3)7-15/h5-9,18H,4,10H2,1-3H3. The van der Waals surface area contributed by atoms with Crippen LogP contribution in [0.1, 0.15) is 29.3 Å². The zero-order valence-electron chi connectivity index (χ0n) is 11.6. The molecule has 2 aromatic rings. The molecular weight excluding hydrogens is 238 g/mol. The molecule has 0 spiro atoms. The lowest BCUT2D eigenvalue weighted by Gasteiger charge is -2.09. The van der Waals surface area contributed by atoms with Crippen molar-refractivity contribution in [1.82, 2.24) is 4.98 Å². The van der Waals surface area contributed by atoms with E-state index in [2.05, 4.69) is 18.8 Å². The van der Waals surface area contributed by atoms with Gasteiger partial charge in [-0.05, 0) is 55.2 Å².